The fraction of sp³-hybridized carbons (Fsp3) is 0.405. The monoisotopic (exact) mass is 822 g/mol. The SMILES string of the molecule is COCCn1ncc(-c2ccc(-c3cnc(C(=O)Nc4ccc(C(=O)N5CCN(C(=O)C6CCNCC6)CC5)c(Cl)c4)n3C)c(F)c2F)c1C.O=C(O)C(F)(F)F. The number of imidazole rings is 1. The van der Waals surface area contributed by atoms with Crippen LogP contribution in [0.4, 0.5) is 27.6 Å². The molecule has 2 aromatic heterocycles. The molecule has 0 radical (unpaired) electrons. The van der Waals surface area contributed by atoms with Gasteiger partial charge in [-0.2, -0.15) is 18.3 Å². The summed E-state index contributed by atoms with van der Waals surface area (Å²) in [6.07, 6.45) is -0.636. The highest BCUT2D eigenvalue weighted by Gasteiger charge is 2.38. The summed E-state index contributed by atoms with van der Waals surface area (Å²) in [5, 5.41) is 17.5. The molecule has 6 rings (SSSR count). The molecule has 2 aliphatic rings. The lowest BCUT2D eigenvalue weighted by molar-refractivity contribution is -0.192. The highest BCUT2D eigenvalue weighted by Crippen LogP contribution is 2.33. The van der Waals surface area contributed by atoms with Gasteiger partial charge in [-0.25, -0.2) is 18.6 Å². The first-order valence-corrected chi connectivity index (χ1v) is 18.1. The molecular formula is C37H40ClF5N8O6. The predicted molar refractivity (Wildman–Crippen MR) is 198 cm³/mol. The van der Waals surface area contributed by atoms with Gasteiger partial charge in [-0.1, -0.05) is 17.7 Å². The third-order valence-corrected chi connectivity index (χ3v) is 10.0. The van der Waals surface area contributed by atoms with Crippen molar-refractivity contribution < 1.29 is 51.0 Å². The Morgan fingerprint density at radius 2 is 1.58 bits per heavy atom. The Labute approximate surface area is 328 Å². The quantitative estimate of drug-likeness (QED) is 0.197. The first-order chi connectivity index (χ1) is 27.0. The van der Waals surface area contributed by atoms with Crippen LogP contribution in [0, 0.1) is 24.5 Å². The summed E-state index contributed by atoms with van der Waals surface area (Å²) < 4.78 is 70.8. The Morgan fingerprint density at radius 1 is 0.965 bits per heavy atom. The fourth-order valence-corrected chi connectivity index (χ4v) is 6.78. The Hall–Kier alpha value is -5.40. The minimum Gasteiger partial charge on any atom is -0.475 e. The normalized spacial score (nSPS) is 14.9. The van der Waals surface area contributed by atoms with Crippen LogP contribution in [0.5, 0.6) is 0 Å². The number of carbonyl (C=O) groups excluding carboxylic acids is 3. The summed E-state index contributed by atoms with van der Waals surface area (Å²) in [5.74, 6) is -5.61. The van der Waals surface area contributed by atoms with E-state index in [0.29, 0.717) is 56.3 Å². The van der Waals surface area contributed by atoms with E-state index >= 15 is 8.78 Å². The molecule has 3 N–H and O–H groups in total. The molecule has 2 aromatic carbocycles. The standard InChI is InChI=1S/C35H39ClF2N8O4.C2HF3O2/c1-21-27(19-41-46(21)16-17-50-3)24-6-7-26(31(38)30(24)37)29-20-40-32(43(29)2)33(47)42-23-4-5-25(28(36)18-23)35(49)45-14-12-44(13-15-45)34(48)22-8-10-39-11-9-22;3-2(4,5)1(6)7/h4-7,18-20,22,39H,8-17H2,1-3H3,(H,42,47);(H,6,7). The zero-order valence-electron chi connectivity index (χ0n) is 31.1. The Bertz CT molecular complexity index is 2130. The average Bonchev–Trinajstić information content (AvgIpc) is 3.75. The lowest BCUT2D eigenvalue weighted by Gasteiger charge is -2.37. The van der Waals surface area contributed by atoms with Gasteiger partial charge in [0.15, 0.2) is 17.5 Å². The number of aromatic nitrogens is 4. The van der Waals surface area contributed by atoms with Crippen LogP contribution in [0.25, 0.3) is 22.4 Å². The van der Waals surface area contributed by atoms with Gasteiger partial charge in [0, 0.05) is 74.3 Å². The molecule has 20 heteroatoms. The summed E-state index contributed by atoms with van der Waals surface area (Å²) in [6.45, 7) is 6.08. The van der Waals surface area contributed by atoms with E-state index in [-0.39, 0.29) is 51.0 Å². The number of alkyl halides is 3. The van der Waals surface area contributed by atoms with Gasteiger partial charge in [0.05, 0.1) is 41.8 Å². The van der Waals surface area contributed by atoms with Crippen LogP contribution in [-0.2, 0) is 27.9 Å². The number of methoxy groups -OCH3 is 1. The van der Waals surface area contributed by atoms with Crippen molar-refractivity contribution in [2.24, 2.45) is 13.0 Å². The minimum atomic E-state index is -5.08. The molecule has 14 nitrogen and oxygen atoms in total. The minimum absolute atomic E-state index is 0.0298. The maximum Gasteiger partial charge on any atom is 0.490 e. The number of piperazine rings is 1. The summed E-state index contributed by atoms with van der Waals surface area (Å²) in [6, 6.07) is 7.50. The first-order valence-electron chi connectivity index (χ1n) is 17.7. The molecule has 4 heterocycles. The van der Waals surface area contributed by atoms with E-state index in [0.717, 1.165) is 25.9 Å². The second kappa shape index (κ2) is 18.2. The molecule has 0 saturated carbocycles. The smallest absolute Gasteiger partial charge is 0.475 e. The highest BCUT2D eigenvalue weighted by atomic mass is 35.5. The zero-order chi connectivity index (χ0) is 41.6. The van der Waals surface area contributed by atoms with E-state index in [9.17, 15) is 27.6 Å². The van der Waals surface area contributed by atoms with E-state index in [2.05, 4.69) is 20.7 Å². The van der Waals surface area contributed by atoms with Crippen LogP contribution in [0.1, 0.15) is 39.5 Å². The first kappa shape index (κ1) is 42.7. The van der Waals surface area contributed by atoms with Crippen LogP contribution in [0.15, 0.2) is 42.7 Å². The van der Waals surface area contributed by atoms with E-state index in [1.165, 1.54) is 42.2 Å². The summed E-state index contributed by atoms with van der Waals surface area (Å²) in [7, 11) is 3.10. The van der Waals surface area contributed by atoms with Gasteiger partial charge in [-0.05, 0) is 57.1 Å². The van der Waals surface area contributed by atoms with Crippen molar-refractivity contribution in [2.45, 2.75) is 32.5 Å². The van der Waals surface area contributed by atoms with Gasteiger partial charge in [0.1, 0.15) is 0 Å². The molecule has 3 amide bonds. The molecule has 0 atom stereocenters. The van der Waals surface area contributed by atoms with Crippen LogP contribution in [0.2, 0.25) is 5.02 Å². The molecule has 2 aliphatic heterocycles. The zero-order valence-corrected chi connectivity index (χ0v) is 31.9. The third kappa shape index (κ3) is 9.77. The molecule has 57 heavy (non-hydrogen) atoms. The molecule has 306 valence electrons. The van der Waals surface area contributed by atoms with Gasteiger partial charge in [-0.3, -0.25) is 19.1 Å². The van der Waals surface area contributed by atoms with Crippen molar-refractivity contribution in [2.75, 3.05) is 58.3 Å². The largest absolute Gasteiger partial charge is 0.490 e. The van der Waals surface area contributed by atoms with E-state index < -0.39 is 29.7 Å². The van der Waals surface area contributed by atoms with E-state index in [4.69, 9.17) is 26.2 Å². The number of rotatable bonds is 9. The maximum absolute atomic E-state index is 15.5. The number of anilines is 1. The maximum atomic E-state index is 15.5. The summed E-state index contributed by atoms with van der Waals surface area (Å²) >= 11 is 6.51. The van der Waals surface area contributed by atoms with Crippen molar-refractivity contribution in [3.8, 4) is 22.4 Å². The Balaban J connectivity index is 0.000000811. The van der Waals surface area contributed by atoms with Gasteiger partial charge in [0.2, 0.25) is 5.91 Å². The number of piperidine rings is 1. The van der Waals surface area contributed by atoms with Crippen LogP contribution in [-0.4, -0.2) is 117 Å². The number of carboxylic acid groups (broad SMARTS) is 1. The predicted octanol–water partition coefficient (Wildman–Crippen LogP) is 5.01. The topological polar surface area (TPSA) is 164 Å². The number of amides is 3. The molecule has 0 spiro atoms. The van der Waals surface area contributed by atoms with Crippen LogP contribution >= 0.6 is 11.6 Å². The molecule has 0 unspecified atom stereocenters. The van der Waals surface area contributed by atoms with Gasteiger partial charge < -0.3 is 34.8 Å². The molecule has 4 aromatic rings. The van der Waals surface area contributed by atoms with Crippen LogP contribution in [0.3, 0.4) is 0 Å². The number of carboxylic acids is 1. The number of nitrogens with zero attached hydrogens (tertiary/aromatic N) is 6. The summed E-state index contributed by atoms with van der Waals surface area (Å²) in [5.41, 5.74) is 1.93. The number of aliphatic carboxylic acids is 1. The fourth-order valence-electron chi connectivity index (χ4n) is 6.52. The lowest BCUT2D eigenvalue weighted by Crippen LogP contribution is -2.52. The van der Waals surface area contributed by atoms with Crippen molar-refractivity contribution in [1.29, 1.82) is 0 Å². The van der Waals surface area contributed by atoms with Gasteiger partial charge >= 0.3 is 12.1 Å². The van der Waals surface area contributed by atoms with Crippen molar-refractivity contribution in [1.82, 2.24) is 34.4 Å². The van der Waals surface area contributed by atoms with Gasteiger partial charge in [-0.15, -0.1) is 0 Å². The highest BCUT2D eigenvalue weighted by molar-refractivity contribution is 6.34. The molecule has 2 saturated heterocycles. The van der Waals surface area contributed by atoms with E-state index in [1.807, 2.05) is 4.90 Å². The number of halogens is 6. The number of benzene rings is 2. The third-order valence-electron chi connectivity index (χ3n) is 9.72. The number of hydrogen-bond acceptors (Lipinski definition) is 8. The number of hydrogen-bond donors (Lipinski definition) is 3. The molecule has 0 bridgehead atoms. The Morgan fingerprint density at radius 3 is 2.19 bits per heavy atom. The molecular weight excluding hydrogens is 783 g/mol. The van der Waals surface area contributed by atoms with E-state index in [1.54, 1.807) is 35.7 Å². The summed E-state index contributed by atoms with van der Waals surface area (Å²) in [4.78, 5) is 56.0. The van der Waals surface area contributed by atoms with Crippen molar-refractivity contribution in [3.05, 3.63) is 76.5 Å². The second-order valence-electron chi connectivity index (χ2n) is 13.3. The number of carbonyl (C=O) groups is 4. The molecule has 0 aliphatic carbocycles. The van der Waals surface area contributed by atoms with Crippen LogP contribution < -0.4 is 10.6 Å². The number of ether oxygens (including phenoxy) is 1. The number of nitrogens with one attached hydrogen (secondary N) is 2. The molecule has 2 fully saturated rings. The van der Waals surface area contributed by atoms with Gasteiger partial charge in [0.25, 0.3) is 11.8 Å². The van der Waals surface area contributed by atoms with Crippen molar-refractivity contribution >= 4 is 41.0 Å². The van der Waals surface area contributed by atoms with Crippen molar-refractivity contribution in [3.63, 3.8) is 0 Å². The second-order valence-corrected chi connectivity index (χ2v) is 13.7. The Kier molecular flexibility index (Phi) is 13.7. The average molecular weight is 823 g/mol. The lowest BCUT2D eigenvalue weighted by atomic mass is 9.96.